The molecular formula is C19H18ClN3OS. The quantitative estimate of drug-likeness (QED) is 0.711. The van der Waals surface area contributed by atoms with Crippen LogP contribution in [0.25, 0.3) is 0 Å². The Bertz CT molecular complexity index is 861. The fraction of sp³-hybridized carbons (Fsp3) is 0.158. The third-order valence-electron chi connectivity index (χ3n) is 3.99. The molecule has 4 nitrogen and oxygen atoms in total. The number of allylic oxidation sites excluding steroid dienone is 1. The SMILES string of the molecule is CC1=C(C(=O)Nc2cccc(C)c2)[C@@H](c2ccc(Cl)cc2)NC(=S)N1. The zero-order valence-electron chi connectivity index (χ0n) is 13.9. The fourth-order valence-electron chi connectivity index (χ4n) is 2.82. The number of aryl methyl sites for hydroxylation is 1. The molecule has 1 heterocycles. The lowest BCUT2D eigenvalue weighted by molar-refractivity contribution is -0.113. The molecule has 1 aliphatic rings. The van der Waals surface area contributed by atoms with Gasteiger partial charge >= 0.3 is 0 Å². The molecule has 128 valence electrons. The molecule has 2 aromatic carbocycles. The van der Waals surface area contributed by atoms with Gasteiger partial charge in [-0.3, -0.25) is 4.79 Å². The van der Waals surface area contributed by atoms with E-state index in [-0.39, 0.29) is 11.9 Å². The standard InChI is InChI=1S/C19H18ClN3OS/c1-11-4-3-5-15(10-11)22-18(24)16-12(2)21-19(25)23-17(16)13-6-8-14(20)9-7-13/h3-10,17H,1-2H3,(H,22,24)(H2,21,23,25)/t17-/m1/s1. The van der Waals surface area contributed by atoms with Crippen LogP contribution in [0.3, 0.4) is 0 Å². The van der Waals surface area contributed by atoms with Crippen molar-refractivity contribution in [2.75, 3.05) is 5.32 Å². The zero-order chi connectivity index (χ0) is 18.0. The van der Waals surface area contributed by atoms with Gasteiger partial charge in [-0.05, 0) is 61.5 Å². The maximum atomic E-state index is 12.9. The minimum atomic E-state index is -0.337. The summed E-state index contributed by atoms with van der Waals surface area (Å²) in [5, 5.41) is 10.3. The van der Waals surface area contributed by atoms with Crippen molar-refractivity contribution in [2.45, 2.75) is 19.9 Å². The van der Waals surface area contributed by atoms with Crippen molar-refractivity contribution >= 4 is 40.5 Å². The number of hydrogen-bond donors (Lipinski definition) is 3. The summed E-state index contributed by atoms with van der Waals surface area (Å²) in [5.74, 6) is -0.175. The van der Waals surface area contributed by atoms with E-state index in [1.54, 1.807) is 12.1 Å². The van der Waals surface area contributed by atoms with E-state index in [1.165, 1.54) is 0 Å². The lowest BCUT2D eigenvalue weighted by Crippen LogP contribution is -2.45. The first-order valence-corrected chi connectivity index (χ1v) is 8.64. The molecule has 0 aromatic heterocycles. The van der Waals surface area contributed by atoms with Gasteiger partial charge in [0.05, 0.1) is 11.6 Å². The maximum Gasteiger partial charge on any atom is 0.255 e. The molecule has 25 heavy (non-hydrogen) atoms. The van der Waals surface area contributed by atoms with Gasteiger partial charge in [-0.2, -0.15) is 0 Å². The van der Waals surface area contributed by atoms with Crippen LogP contribution in [0.5, 0.6) is 0 Å². The summed E-state index contributed by atoms with van der Waals surface area (Å²) in [5.41, 5.74) is 4.08. The summed E-state index contributed by atoms with van der Waals surface area (Å²) in [6.07, 6.45) is 0. The van der Waals surface area contributed by atoms with Crippen molar-refractivity contribution in [3.05, 3.63) is 76.0 Å². The van der Waals surface area contributed by atoms with Crippen molar-refractivity contribution in [1.29, 1.82) is 0 Å². The van der Waals surface area contributed by atoms with E-state index in [1.807, 2.05) is 50.2 Å². The second-order valence-electron chi connectivity index (χ2n) is 5.95. The van der Waals surface area contributed by atoms with E-state index in [0.717, 1.165) is 22.5 Å². The highest BCUT2D eigenvalue weighted by Crippen LogP contribution is 2.28. The largest absolute Gasteiger partial charge is 0.351 e. The molecule has 0 radical (unpaired) electrons. The minimum Gasteiger partial charge on any atom is -0.351 e. The molecule has 0 saturated heterocycles. The summed E-state index contributed by atoms with van der Waals surface area (Å²) < 4.78 is 0. The van der Waals surface area contributed by atoms with Crippen LogP contribution in [0.4, 0.5) is 5.69 Å². The Morgan fingerprint density at radius 1 is 1.16 bits per heavy atom. The molecule has 0 saturated carbocycles. The fourth-order valence-corrected chi connectivity index (χ4v) is 3.22. The Hall–Kier alpha value is -2.37. The van der Waals surface area contributed by atoms with Crippen molar-refractivity contribution in [1.82, 2.24) is 10.6 Å². The number of benzene rings is 2. The van der Waals surface area contributed by atoms with Crippen molar-refractivity contribution in [2.24, 2.45) is 0 Å². The molecular weight excluding hydrogens is 354 g/mol. The first-order valence-electron chi connectivity index (χ1n) is 7.86. The summed E-state index contributed by atoms with van der Waals surface area (Å²) >= 11 is 11.2. The van der Waals surface area contributed by atoms with E-state index in [4.69, 9.17) is 23.8 Å². The number of nitrogens with one attached hydrogen (secondary N) is 3. The van der Waals surface area contributed by atoms with Gasteiger partial charge in [-0.1, -0.05) is 35.9 Å². The minimum absolute atomic E-state index is 0.175. The number of halogens is 1. The average molecular weight is 372 g/mol. The molecule has 0 spiro atoms. The average Bonchev–Trinajstić information content (AvgIpc) is 2.54. The number of thiocarbonyl (C=S) groups is 1. The third-order valence-corrected chi connectivity index (χ3v) is 4.46. The van der Waals surface area contributed by atoms with E-state index in [9.17, 15) is 4.79 Å². The maximum absolute atomic E-state index is 12.9. The van der Waals surface area contributed by atoms with Gasteiger partial charge in [0.1, 0.15) is 0 Å². The van der Waals surface area contributed by atoms with Crippen molar-refractivity contribution < 1.29 is 4.79 Å². The molecule has 1 amide bonds. The smallest absolute Gasteiger partial charge is 0.255 e. The van der Waals surface area contributed by atoms with Gasteiger partial charge < -0.3 is 16.0 Å². The Labute approximate surface area is 157 Å². The number of carbonyl (C=O) groups is 1. The summed E-state index contributed by atoms with van der Waals surface area (Å²) in [7, 11) is 0. The van der Waals surface area contributed by atoms with E-state index >= 15 is 0 Å². The monoisotopic (exact) mass is 371 g/mol. The van der Waals surface area contributed by atoms with E-state index < -0.39 is 0 Å². The molecule has 1 aliphatic heterocycles. The number of hydrogen-bond acceptors (Lipinski definition) is 2. The zero-order valence-corrected chi connectivity index (χ0v) is 15.5. The van der Waals surface area contributed by atoms with Crippen LogP contribution in [-0.2, 0) is 4.79 Å². The predicted octanol–water partition coefficient (Wildman–Crippen LogP) is 4.08. The van der Waals surface area contributed by atoms with Gasteiger partial charge in [-0.15, -0.1) is 0 Å². The van der Waals surface area contributed by atoms with Crippen LogP contribution >= 0.6 is 23.8 Å². The summed E-state index contributed by atoms with van der Waals surface area (Å²) in [6, 6.07) is 14.7. The summed E-state index contributed by atoms with van der Waals surface area (Å²) in [4.78, 5) is 12.9. The molecule has 3 rings (SSSR count). The Morgan fingerprint density at radius 2 is 1.88 bits per heavy atom. The van der Waals surface area contributed by atoms with Crippen molar-refractivity contribution in [3.63, 3.8) is 0 Å². The van der Waals surface area contributed by atoms with E-state index in [0.29, 0.717) is 15.7 Å². The van der Waals surface area contributed by atoms with Crippen LogP contribution in [0.2, 0.25) is 5.02 Å². The summed E-state index contributed by atoms with van der Waals surface area (Å²) in [6.45, 7) is 3.83. The number of amides is 1. The molecule has 0 unspecified atom stereocenters. The lowest BCUT2D eigenvalue weighted by atomic mass is 9.95. The topological polar surface area (TPSA) is 53.2 Å². The second kappa shape index (κ2) is 7.25. The second-order valence-corrected chi connectivity index (χ2v) is 6.79. The number of carbonyl (C=O) groups excluding carboxylic acids is 1. The van der Waals surface area contributed by atoms with Gasteiger partial charge in [0.25, 0.3) is 5.91 Å². The molecule has 6 heteroatoms. The molecule has 3 N–H and O–H groups in total. The van der Waals surface area contributed by atoms with Crippen LogP contribution in [0.15, 0.2) is 59.8 Å². The van der Waals surface area contributed by atoms with Gasteiger partial charge in [-0.25, -0.2) is 0 Å². The first-order chi connectivity index (χ1) is 11.9. The Balaban J connectivity index is 1.94. The normalized spacial score (nSPS) is 16.9. The van der Waals surface area contributed by atoms with Gasteiger partial charge in [0.15, 0.2) is 5.11 Å². The van der Waals surface area contributed by atoms with Gasteiger partial charge in [0.2, 0.25) is 0 Å². The Morgan fingerprint density at radius 3 is 2.56 bits per heavy atom. The van der Waals surface area contributed by atoms with Crippen molar-refractivity contribution in [3.8, 4) is 0 Å². The highest BCUT2D eigenvalue weighted by molar-refractivity contribution is 7.80. The lowest BCUT2D eigenvalue weighted by Gasteiger charge is -2.30. The van der Waals surface area contributed by atoms with Gasteiger partial charge in [0, 0.05) is 16.4 Å². The molecule has 2 aromatic rings. The highest BCUT2D eigenvalue weighted by atomic mass is 35.5. The molecule has 0 bridgehead atoms. The third kappa shape index (κ3) is 4.00. The predicted molar refractivity (Wildman–Crippen MR) is 106 cm³/mol. The molecule has 1 atom stereocenters. The van der Waals surface area contributed by atoms with Crippen LogP contribution in [-0.4, -0.2) is 11.0 Å². The molecule has 0 aliphatic carbocycles. The van der Waals surface area contributed by atoms with Crippen LogP contribution in [0, 0.1) is 6.92 Å². The first kappa shape index (κ1) is 17.5. The van der Waals surface area contributed by atoms with Crippen LogP contribution < -0.4 is 16.0 Å². The van der Waals surface area contributed by atoms with Crippen LogP contribution in [0.1, 0.15) is 24.1 Å². The number of anilines is 1. The highest BCUT2D eigenvalue weighted by Gasteiger charge is 2.29. The Kier molecular flexibility index (Phi) is 5.06. The number of rotatable bonds is 3. The molecule has 0 fully saturated rings. The van der Waals surface area contributed by atoms with E-state index in [2.05, 4.69) is 16.0 Å².